The van der Waals surface area contributed by atoms with Crippen LogP contribution in [0.5, 0.6) is 0 Å². The van der Waals surface area contributed by atoms with Crippen molar-refractivity contribution >= 4 is 17.9 Å². The van der Waals surface area contributed by atoms with Gasteiger partial charge in [0.05, 0.1) is 0 Å². The fraction of sp³-hybridized carbons (Fsp3) is 0.730. The first kappa shape index (κ1) is 65.6. The van der Waals surface area contributed by atoms with Gasteiger partial charge in [0.15, 0.2) is 6.10 Å². The maximum atomic E-state index is 12.8. The molecule has 0 bridgehead atoms. The highest BCUT2D eigenvalue weighted by atomic mass is 16.6. The number of carbonyl (C=O) groups excluding carboxylic acids is 3. The molecule has 6 heteroatoms. The highest BCUT2D eigenvalue weighted by molar-refractivity contribution is 5.71. The molecule has 0 radical (unpaired) electrons. The van der Waals surface area contributed by atoms with Gasteiger partial charge in [-0.2, -0.15) is 0 Å². The van der Waals surface area contributed by atoms with Crippen molar-refractivity contribution in [3.05, 3.63) is 85.1 Å². The smallest absolute Gasteiger partial charge is 0.306 e. The number of carbonyl (C=O) groups is 3. The monoisotopic (exact) mass is 961 g/mol. The Hall–Kier alpha value is -3.41. The lowest BCUT2D eigenvalue weighted by Crippen LogP contribution is -2.30. The summed E-state index contributed by atoms with van der Waals surface area (Å²) in [6.07, 6.45) is 74.4. The average molecular weight is 962 g/mol. The SMILES string of the molecule is CC/C=C\C/C=C\C/C=C\C/C=C\C/C=C\CCCC(=O)OC[C@H](COC(=O)CCCCCCCCCCC/C=C\CCCCCCCC)OC(=O)CCCCCCC/C=C\CCCCCCCC. The summed E-state index contributed by atoms with van der Waals surface area (Å²) in [5.41, 5.74) is 0. The van der Waals surface area contributed by atoms with E-state index in [1.54, 1.807) is 0 Å². The van der Waals surface area contributed by atoms with Gasteiger partial charge in [0.25, 0.3) is 0 Å². The molecule has 0 aromatic heterocycles. The Morgan fingerprint density at radius 2 is 0.580 bits per heavy atom. The highest BCUT2D eigenvalue weighted by Crippen LogP contribution is 2.15. The maximum absolute atomic E-state index is 12.8. The molecule has 0 spiro atoms. The molecule has 0 aliphatic carbocycles. The van der Waals surface area contributed by atoms with Gasteiger partial charge in [0.2, 0.25) is 0 Å². The first-order valence-corrected chi connectivity index (χ1v) is 29.1. The summed E-state index contributed by atoms with van der Waals surface area (Å²) in [7, 11) is 0. The fourth-order valence-electron chi connectivity index (χ4n) is 8.00. The summed E-state index contributed by atoms with van der Waals surface area (Å²) >= 11 is 0. The number of rotatable bonds is 52. The molecule has 69 heavy (non-hydrogen) atoms. The Kier molecular flexibility index (Phi) is 54.3. The Morgan fingerprint density at radius 3 is 0.957 bits per heavy atom. The molecule has 0 saturated heterocycles. The number of allylic oxidation sites excluding steroid dienone is 14. The van der Waals surface area contributed by atoms with Gasteiger partial charge in [-0.25, -0.2) is 0 Å². The minimum Gasteiger partial charge on any atom is -0.462 e. The predicted molar refractivity (Wildman–Crippen MR) is 297 cm³/mol. The zero-order valence-electron chi connectivity index (χ0n) is 45.3. The molecule has 0 aliphatic heterocycles. The fourth-order valence-corrected chi connectivity index (χ4v) is 8.00. The van der Waals surface area contributed by atoms with Crippen LogP contribution in [-0.2, 0) is 28.6 Å². The summed E-state index contributed by atoms with van der Waals surface area (Å²) in [6.45, 7) is 6.48. The van der Waals surface area contributed by atoms with Crippen molar-refractivity contribution in [1.82, 2.24) is 0 Å². The largest absolute Gasteiger partial charge is 0.462 e. The van der Waals surface area contributed by atoms with Crippen LogP contribution >= 0.6 is 0 Å². The van der Waals surface area contributed by atoms with Crippen LogP contribution < -0.4 is 0 Å². The predicted octanol–water partition coefficient (Wildman–Crippen LogP) is 19.5. The maximum Gasteiger partial charge on any atom is 0.306 e. The Balaban J connectivity index is 4.45. The third-order valence-electron chi connectivity index (χ3n) is 12.4. The van der Waals surface area contributed by atoms with Gasteiger partial charge in [-0.05, 0) is 109 Å². The van der Waals surface area contributed by atoms with Gasteiger partial charge >= 0.3 is 17.9 Å². The molecule has 396 valence electrons. The molecule has 0 N–H and O–H groups in total. The van der Waals surface area contributed by atoms with Crippen LogP contribution in [0.1, 0.15) is 278 Å². The second-order valence-corrected chi connectivity index (χ2v) is 19.2. The topological polar surface area (TPSA) is 78.9 Å². The number of hydrogen-bond donors (Lipinski definition) is 0. The third-order valence-corrected chi connectivity index (χ3v) is 12.4. The number of esters is 3. The van der Waals surface area contributed by atoms with Crippen molar-refractivity contribution in [1.29, 1.82) is 0 Å². The standard InChI is InChI=1S/C63H108O6/c1-4-7-10-13-16-19-22-25-28-30-31-33-36-38-41-44-47-50-53-56-62(65)68-59-60(69-63(66)57-54-51-48-45-42-39-34-27-24-21-18-15-12-9-6-3)58-67-61(64)55-52-49-46-43-40-37-35-32-29-26-23-20-17-14-11-8-5-2/h8,11,17,20,25-29,34-35,37,43,46,60H,4-7,9-10,12-16,18-19,21-24,30-33,36,38-42,44-45,47-59H2,1-3H3/b11-8-,20-17-,28-25-,29-26-,34-27-,37-35-,46-43-/t60-/m1/s1. The van der Waals surface area contributed by atoms with Crippen LogP contribution in [0.3, 0.4) is 0 Å². The van der Waals surface area contributed by atoms with E-state index in [9.17, 15) is 14.4 Å². The van der Waals surface area contributed by atoms with Gasteiger partial charge in [-0.1, -0.05) is 234 Å². The molecule has 0 aliphatic rings. The first-order valence-electron chi connectivity index (χ1n) is 29.1. The second kappa shape index (κ2) is 57.2. The van der Waals surface area contributed by atoms with Crippen LogP contribution in [0.15, 0.2) is 85.1 Å². The van der Waals surface area contributed by atoms with Crippen LogP contribution in [0.4, 0.5) is 0 Å². The van der Waals surface area contributed by atoms with Gasteiger partial charge < -0.3 is 14.2 Å². The normalized spacial score (nSPS) is 12.7. The summed E-state index contributed by atoms with van der Waals surface area (Å²) in [5, 5.41) is 0. The Labute approximate surface area is 426 Å². The van der Waals surface area contributed by atoms with E-state index >= 15 is 0 Å². The minimum atomic E-state index is -0.805. The highest BCUT2D eigenvalue weighted by Gasteiger charge is 2.19. The van der Waals surface area contributed by atoms with E-state index < -0.39 is 6.10 Å². The van der Waals surface area contributed by atoms with Crippen molar-refractivity contribution < 1.29 is 28.6 Å². The van der Waals surface area contributed by atoms with Gasteiger partial charge in [-0.15, -0.1) is 0 Å². The number of unbranched alkanes of at least 4 members (excludes halogenated alkanes) is 27. The van der Waals surface area contributed by atoms with Crippen molar-refractivity contribution in [2.45, 2.75) is 284 Å². The van der Waals surface area contributed by atoms with E-state index in [2.05, 4.69) is 106 Å². The first-order chi connectivity index (χ1) is 34.0. The van der Waals surface area contributed by atoms with Crippen molar-refractivity contribution in [3.8, 4) is 0 Å². The molecular weight excluding hydrogens is 853 g/mol. The molecular formula is C63H108O6. The van der Waals surface area contributed by atoms with Crippen LogP contribution in [0.25, 0.3) is 0 Å². The summed E-state index contributed by atoms with van der Waals surface area (Å²) in [5.74, 6) is -0.963. The van der Waals surface area contributed by atoms with Crippen molar-refractivity contribution in [2.75, 3.05) is 13.2 Å². The van der Waals surface area contributed by atoms with Gasteiger partial charge in [0.1, 0.15) is 13.2 Å². The quantitative estimate of drug-likeness (QED) is 0.0262. The number of hydrogen-bond acceptors (Lipinski definition) is 6. The van der Waals surface area contributed by atoms with Gasteiger partial charge in [-0.3, -0.25) is 14.4 Å². The minimum absolute atomic E-state index is 0.0980. The zero-order valence-corrected chi connectivity index (χ0v) is 45.3. The van der Waals surface area contributed by atoms with Crippen molar-refractivity contribution in [2.24, 2.45) is 0 Å². The lowest BCUT2D eigenvalue weighted by atomic mass is 10.1. The molecule has 6 nitrogen and oxygen atoms in total. The van der Waals surface area contributed by atoms with E-state index in [-0.39, 0.29) is 37.5 Å². The lowest BCUT2D eigenvalue weighted by Gasteiger charge is -2.18. The van der Waals surface area contributed by atoms with Gasteiger partial charge in [0, 0.05) is 19.3 Å². The Bertz CT molecular complexity index is 1330. The molecule has 0 unspecified atom stereocenters. The lowest BCUT2D eigenvalue weighted by molar-refractivity contribution is -0.167. The summed E-state index contributed by atoms with van der Waals surface area (Å²) in [4.78, 5) is 38.2. The molecule has 0 rings (SSSR count). The molecule has 0 aromatic carbocycles. The molecule has 1 atom stereocenters. The summed E-state index contributed by atoms with van der Waals surface area (Å²) < 4.78 is 16.8. The molecule has 0 saturated carbocycles. The third kappa shape index (κ3) is 55.4. The average Bonchev–Trinajstić information content (AvgIpc) is 3.35. The van der Waals surface area contributed by atoms with E-state index in [1.165, 1.54) is 141 Å². The van der Waals surface area contributed by atoms with Crippen LogP contribution in [0.2, 0.25) is 0 Å². The molecule has 0 amide bonds. The number of ether oxygens (including phenoxy) is 3. The Morgan fingerprint density at radius 1 is 0.304 bits per heavy atom. The molecule has 0 heterocycles. The van der Waals surface area contributed by atoms with E-state index in [0.29, 0.717) is 19.3 Å². The van der Waals surface area contributed by atoms with E-state index in [4.69, 9.17) is 14.2 Å². The van der Waals surface area contributed by atoms with Crippen LogP contribution in [-0.4, -0.2) is 37.2 Å². The van der Waals surface area contributed by atoms with E-state index in [0.717, 1.165) is 89.9 Å². The zero-order chi connectivity index (χ0) is 50.0. The summed E-state index contributed by atoms with van der Waals surface area (Å²) in [6, 6.07) is 0. The van der Waals surface area contributed by atoms with Crippen molar-refractivity contribution in [3.63, 3.8) is 0 Å². The van der Waals surface area contributed by atoms with Crippen LogP contribution in [0, 0.1) is 0 Å². The molecule has 0 aromatic rings. The molecule has 0 fully saturated rings. The second-order valence-electron chi connectivity index (χ2n) is 19.2. The van der Waals surface area contributed by atoms with E-state index in [1.807, 2.05) is 0 Å².